The molecule has 1 atom stereocenters. The van der Waals surface area contributed by atoms with Gasteiger partial charge in [0, 0.05) is 28.2 Å². The van der Waals surface area contributed by atoms with Crippen LogP contribution < -0.4 is 5.32 Å². The zero-order valence-corrected chi connectivity index (χ0v) is 17.8. The smallest absolute Gasteiger partial charge is 0.224 e. The van der Waals surface area contributed by atoms with E-state index in [1.165, 1.54) is 6.07 Å². The normalized spacial score (nSPS) is 12.4. The average Bonchev–Trinajstić information content (AvgIpc) is 2.67. The molecule has 3 aromatic rings. The second-order valence-electron chi connectivity index (χ2n) is 7.41. The van der Waals surface area contributed by atoms with E-state index in [1.807, 2.05) is 57.1 Å². The maximum Gasteiger partial charge on any atom is 0.224 e. The molecule has 1 N–H and O–H groups in total. The number of amides is 1. The first-order valence-electron chi connectivity index (χ1n) is 9.51. The number of hydrogen-bond donors (Lipinski definition) is 1. The van der Waals surface area contributed by atoms with Crippen LogP contribution in [0.3, 0.4) is 0 Å². The molecule has 0 bridgehead atoms. The molecule has 1 aromatic heterocycles. The Morgan fingerprint density at radius 3 is 2.59 bits per heavy atom. The van der Waals surface area contributed by atoms with Crippen LogP contribution in [-0.4, -0.2) is 36.4 Å². The zero-order valence-electron chi connectivity index (χ0n) is 17.1. The second-order valence-corrected chi connectivity index (χ2v) is 7.82. The van der Waals surface area contributed by atoms with Gasteiger partial charge < -0.3 is 10.2 Å². The fourth-order valence-corrected chi connectivity index (χ4v) is 3.93. The summed E-state index contributed by atoms with van der Waals surface area (Å²) in [4.78, 5) is 19.2. The van der Waals surface area contributed by atoms with Crippen molar-refractivity contribution in [2.75, 3.05) is 20.6 Å². The van der Waals surface area contributed by atoms with Crippen molar-refractivity contribution in [3.05, 3.63) is 75.7 Å². The van der Waals surface area contributed by atoms with Crippen molar-refractivity contribution in [2.45, 2.75) is 26.3 Å². The van der Waals surface area contributed by atoms with Gasteiger partial charge in [-0.2, -0.15) is 0 Å². The van der Waals surface area contributed by atoms with E-state index < -0.39 is 0 Å². The predicted molar refractivity (Wildman–Crippen MR) is 116 cm³/mol. The number of nitrogens with zero attached hydrogens (tertiary/aromatic N) is 2. The summed E-state index contributed by atoms with van der Waals surface area (Å²) in [6.07, 6.45) is 0.223. The first-order valence-corrected chi connectivity index (χ1v) is 9.89. The lowest BCUT2D eigenvalue weighted by atomic mass is 9.99. The second kappa shape index (κ2) is 8.89. The van der Waals surface area contributed by atoms with Crippen LogP contribution in [0, 0.1) is 19.7 Å². The van der Waals surface area contributed by atoms with Gasteiger partial charge in [-0.25, -0.2) is 4.39 Å². The minimum absolute atomic E-state index is 0.132. The van der Waals surface area contributed by atoms with Crippen LogP contribution in [0.2, 0.25) is 5.02 Å². The van der Waals surface area contributed by atoms with Crippen molar-refractivity contribution in [3.8, 4) is 0 Å². The van der Waals surface area contributed by atoms with Gasteiger partial charge in [0.05, 0.1) is 18.0 Å². The van der Waals surface area contributed by atoms with Gasteiger partial charge >= 0.3 is 0 Å². The van der Waals surface area contributed by atoms with E-state index in [0.717, 1.165) is 27.7 Å². The summed E-state index contributed by atoms with van der Waals surface area (Å²) in [7, 11) is 3.67. The standard InChI is InChI=1S/C23H25ClFN3O/c1-14-16-8-5-6-11-20(16)27-15(2)17(14)12-22(29)26-13-21(28(3)4)23-18(24)9-7-10-19(23)25/h5-11,21H,12-13H2,1-4H3,(H,26,29). The summed E-state index contributed by atoms with van der Waals surface area (Å²) in [5.74, 6) is -0.511. The number of pyridine rings is 1. The molecule has 29 heavy (non-hydrogen) atoms. The van der Waals surface area contributed by atoms with Crippen LogP contribution in [0.5, 0.6) is 0 Å². The van der Waals surface area contributed by atoms with E-state index in [2.05, 4.69) is 10.3 Å². The number of halogens is 2. The number of benzene rings is 2. The van der Waals surface area contributed by atoms with Crippen molar-refractivity contribution >= 4 is 28.4 Å². The van der Waals surface area contributed by atoms with Crippen molar-refractivity contribution in [3.63, 3.8) is 0 Å². The van der Waals surface area contributed by atoms with Gasteiger partial charge in [-0.1, -0.05) is 35.9 Å². The number of para-hydroxylation sites is 1. The molecule has 1 unspecified atom stereocenters. The Labute approximate surface area is 175 Å². The van der Waals surface area contributed by atoms with E-state index in [4.69, 9.17) is 11.6 Å². The molecule has 1 heterocycles. The predicted octanol–water partition coefficient (Wildman–Crippen LogP) is 4.61. The number of fused-ring (bicyclic) bond motifs is 1. The molecular formula is C23H25ClFN3O. The average molecular weight is 414 g/mol. The molecule has 1 amide bonds. The Hall–Kier alpha value is -2.50. The fraction of sp³-hybridized carbons (Fsp3) is 0.304. The van der Waals surface area contributed by atoms with E-state index in [0.29, 0.717) is 10.6 Å². The molecule has 3 rings (SSSR count). The lowest BCUT2D eigenvalue weighted by molar-refractivity contribution is -0.120. The molecule has 152 valence electrons. The Morgan fingerprint density at radius 2 is 1.90 bits per heavy atom. The summed E-state index contributed by atoms with van der Waals surface area (Å²) in [5.41, 5.74) is 4.14. The van der Waals surface area contributed by atoms with Gasteiger partial charge in [-0.05, 0) is 57.3 Å². The summed E-state index contributed by atoms with van der Waals surface area (Å²) in [5, 5.41) is 4.33. The first-order chi connectivity index (χ1) is 13.8. The third-order valence-corrected chi connectivity index (χ3v) is 5.60. The lowest BCUT2D eigenvalue weighted by Crippen LogP contribution is -2.36. The van der Waals surface area contributed by atoms with Crippen LogP contribution in [0.1, 0.15) is 28.4 Å². The number of carbonyl (C=O) groups is 1. The summed E-state index contributed by atoms with van der Waals surface area (Å²) in [6.45, 7) is 4.19. The number of aromatic nitrogens is 1. The molecular weight excluding hydrogens is 389 g/mol. The first kappa shape index (κ1) is 21.2. The molecule has 0 aliphatic rings. The number of likely N-dealkylation sites (N-methyl/N-ethyl adjacent to an activating group) is 1. The van der Waals surface area contributed by atoms with Crippen LogP contribution in [0.15, 0.2) is 42.5 Å². The fourth-order valence-electron chi connectivity index (χ4n) is 3.64. The third-order valence-electron chi connectivity index (χ3n) is 5.27. The molecule has 0 saturated heterocycles. The largest absolute Gasteiger partial charge is 0.354 e. The van der Waals surface area contributed by atoms with Gasteiger partial charge in [-0.3, -0.25) is 9.78 Å². The Morgan fingerprint density at radius 1 is 1.17 bits per heavy atom. The molecule has 0 aliphatic heterocycles. The van der Waals surface area contributed by atoms with E-state index >= 15 is 0 Å². The van der Waals surface area contributed by atoms with Crippen LogP contribution in [0.25, 0.3) is 10.9 Å². The number of aryl methyl sites for hydroxylation is 2. The SMILES string of the molecule is Cc1nc2ccccc2c(C)c1CC(=O)NCC(c1c(F)cccc1Cl)N(C)C. The van der Waals surface area contributed by atoms with Gasteiger partial charge in [0.15, 0.2) is 0 Å². The molecule has 0 fully saturated rings. The molecule has 0 radical (unpaired) electrons. The highest BCUT2D eigenvalue weighted by Gasteiger charge is 2.22. The molecule has 0 spiro atoms. The summed E-state index contributed by atoms with van der Waals surface area (Å²) in [6, 6.07) is 12.2. The number of carbonyl (C=O) groups excluding carboxylic acids is 1. The number of nitrogens with one attached hydrogen (secondary N) is 1. The van der Waals surface area contributed by atoms with Crippen molar-refractivity contribution in [1.29, 1.82) is 0 Å². The molecule has 0 saturated carbocycles. The maximum atomic E-state index is 14.4. The highest BCUT2D eigenvalue weighted by atomic mass is 35.5. The van der Waals surface area contributed by atoms with Crippen molar-refractivity contribution in [2.24, 2.45) is 0 Å². The van der Waals surface area contributed by atoms with Crippen molar-refractivity contribution < 1.29 is 9.18 Å². The molecule has 6 heteroatoms. The van der Waals surface area contributed by atoms with Crippen molar-refractivity contribution in [1.82, 2.24) is 15.2 Å². The molecule has 4 nitrogen and oxygen atoms in total. The lowest BCUT2D eigenvalue weighted by Gasteiger charge is -2.26. The van der Waals surface area contributed by atoms with Gasteiger partial charge in [0.25, 0.3) is 0 Å². The van der Waals surface area contributed by atoms with Gasteiger partial charge in [0.2, 0.25) is 5.91 Å². The number of rotatable bonds is 6. The molecule has 2 aromatic carbocycles. The van der Waals surface area contributed by atoms with E-state index in [9.17, 15) is 9.18 Å². The van der Waals surface area contributed by atoms with Crippen LogP contribution >= 0.6 is 11.6 Å². The minimum atomic E-state index is -0.379. The van der Waals surface area contributed by atoms with Crippen LogP contribution in [-0.2, 0) is 11.2 Å². The maximum absolute atomic E-state index is 14.4. The van der Waals surface area contributed by atoms with Gasteiger partial charge in [0.1, 0.15) is 5.82 Å². The topological polar surface area (TPSA) is 45.2 Å². The minimum Gasteiger partial charge on any atom is -0.354 e. The summed E-state index contributed by atoms with van der Waals surface area (Å²) < 4.78 is 14.4. The summed E-state index contributed by atoms with van der Waals surface area (Å²) >= 11 is 6.22. The quantitative estimate of drug-likeness (QED) is 0.642. The Kier molecular flexibility index (Phi) is 6.50. The zero-order chi connectivity index (χ0) is 21.1. The van der Waals surface area contributed by atoms with E-state index in [-0.39, 0.29) is 30.7 Å². The third kappa shape index (κ3) is 4.57. The highest BCUT2D eigenvalue weighted by molar-refractivity contribution is 6.31. The van der Waals surface area contributed by atoms with Crippen LogP contribution in [0.4, 0.5) is 4.39 Å². The van der Waals surface area contributed by atoms with E-state index in [1.54, 1.807) is 12.1 Å². The number of hydrogen-bond acceptors (Lipinski definition) is 3. The highest BCUT2D eigenvalue weighted by Crippen LogP contribution is 2.28. The Bertz CT molecular complexity index is 1030. The van der Waals surface area contributed by atoms with Gasteiger partial charge in [-0.15, -0.1) is 0 Å². The molecule has 0 aliphatic carbocycles. The Balaban J connectivity index is 1.78. The monoisotopic (exact) mass is 413 g/mol.